The summed E-state index contributed by atoms with van der Waals surface area (Å²) >= 11 is 0. The van der Waals surface area contributed by atoms with Crippen molar-refractivity contribution in [3.63, 3.8) is 0 Å². The van der Waals surface area contributed by atoms with E-state index < -0.39 is 5.41 Å². The van der Waals surface area contributed by atoms with Crippen LogP contribution >= 0.6 is 0 Å². The van der Waals surface area contributed by atoms with E-state index in [0.29, 0.717) is 5.82 Å². The van der Waals surface area contributed by atoms with E-state index in [2.05, 4.69) is 133 Å². The number of hydrogen-bond donors (Lipinski definition) is 0. The predicted octanol–water partition coefficient (Wildman–Crippen LogP) is 13.4. The molecule has 0 fully saturated rings. The molecule has 0 radical (unpaired) electrons. The van der Waals surface area contributed by atoms with Crippen LogP contribution in [-0.4, -0.2) is 9.97 Å². The molecule has 0 bridgehead atoms. The van der Waals surface area contributed by atoms with Gasteiger partial charge in [-0.3, -0.25) is 0 Å². The van der Waals surface area contributed by atoms with Crippen LogP contribution in [-0.2, 0) is 5.41 Å². The summed E-state index contributed by atoms with van der Waals surface area (Å²) in [5.41, 5.74) is 16.3. The largest absolute Gasteiger partial charge is 0.450 e. The van der Waals surface area contributed by atoms with Crippen molar-refractivity contribution in [1.29, 1.82) is 0 Å². The number of hydrogen-bond acceptors (Lipinski definition) is 4. The van der Waals surface area contributed by atoms with E-state index in [4.69, 9.17) is 19.4 Å². The molecule has 266 valence electrons. The zero-order valence-electron chi connectivity index (χ0n) is 30.7. The quantitative estimate of drug-likeness (QED) is 0.181. The van der Waals surface area contributed by atoms with Gasteiger partial charge in [0, 0.05) is 16.7 Å². The molecule has 0 saturated carbocycles. The average molecular weight is 729 g/mol. The molecule has 8 aromatic carbocycles. The molecule has 0 atom stereocenters. The van der Waals surface area contributed by atoms with Crippen LogP contribution < -0.4 is 9.47 Å². The zero-order chi connectivity index (χ0) is 37.5. The first-order valence-corrected chi connectivity index (χ1v) is 19.3. The topological polar surface area (TPSA) is 44.2 Å². The SMILES string of the molecule is c1ccc(-c2cc(-c3ccccc3)nc(-c3cccc(-c4ccc5c(c4)C4(c6ccccc6-c6ccccc64)c4cc6c(cc4-5)Oc4ccccc4O6)c3)n2)cc1. The van der Waals surface area contributed by atoms with Gasteiger partial charge in [-0.2, -0.15) is 0 Å². The van der Waals surface area contributed by atoms with Gasteiger partial charge in [0.1, 0.15) is 0 Å². The molecule has 1 aromatic heterocycles. The molecule has 0 N–H and O–H groups in total. The third kappa shape index (κ3) is 4.74. The highest BCUT2D eigenvalue weighted by atomic mass is 16.6. The first-order chi connectivity index (χ1) is 28.2. The Morgan fingerprint density at radius 1 is 0.298 bits per heavy atom. The van der Waals surface area contributed by atoms with Crippen molar-refractivity contribution in [1.82, 2.24) is 9.97 Å². The molecule has 9 aromatic rings. The minimum absolute atomic E-state index is 0.557. The Morgan fingerprint density at radius 2 is 0.789 bits per heavy atom. The summed E-state index contributed by atoms with van der Waals surface area (Å²) in [5, 5.41) is 0. The number of benzene rings is 8. The van der Waals surface area contributed by atoms with Crippen LogP contribution in [0.4, 0.5) is 0 Å². The Balaban J connectivity index is 1.05. The van der Waals surface area contributed by atoms with E-state index in [9.17, 15) is 0 Å². The third-order valence-electron chi connectivity index (χ3n) is 11.8. The second-order valence-corrected chi connectivity index (χ2v) is 14.9. The van der Waals surface area contributed by atoms with Gasteiger partial charge in [0.25, 0.3) is 0 Å². The van der Waals surface area contributed by atoms with Gasteiger partial charge in [0.2, 0.25) is 0 Å². The van der Waals surface area contributed by atoms with Gasteiger partial charge in [0.15, 0.2) is 28.8 Å². The summed E-state index contributed by atoms with van der Waals surface area (Å²) in [4.78, 5) is 10.3. The van der Waals surface area contributed by atoms with Crippen LogP contribution in [0.2, 0.25) is 0 Å². The molecule has 4 heteroatoms. The van der Waals surface area contributed by atoms with Gasteiger partial charge < -0.3 is 9.47 Å². The van der Waals surface area contributed by atoms with E-state index in [0.717, 1.165) is 67.8 Å². The molecule has 0 unspecified atom stereocenters. The summed E-state index contributed by atoms with van der Waals surface area (Å²) in [5.74, 6) is 3.57. The molecule has 4 nitrogen and oxygen atoms in total. The minimum Gasteiger partial charge on any atom is -0.450 e. The van der Waals surface area contributed by atoms with Gasteiger partial charge in [0.05, 0.1) is 16.8 Å². The normalized spacial score (nSPS) is 13.3. The Labute approximate surface area is 330 Å². The smallest absolute Gasteiger partial charge is 0.170 e. The molecule has 1 aliphatic heterocycles. The van der Waals surface area contributed by atoms with Gasteiger partial charge in [-0.25, -0.2) is 9.97 Å². The second kappa shape index (κ2) is 12.2. The molecular formula is C53H32N2O2. The van der Waals surface area contributed by atoms with E-state index in [1.807, 2.05) is 60.7 Å². The highest BCUT2D eigenvalue weighted by Crippen LogP contribution is 2.65. The van der Waals surface area contributed by atoms with E-state index in [-0.39, 0.29) is 0 Å². The highest BCUT2D eigenvalue weighted by Gasteiger charge is 2.52. The molecule has 3 aliphatic rings. The van der Waals surface area contributed by atoms with Crippen molar-refractivity contribution in [3.05, 3.63) is 216 Å². The Bertz CT molecular complexity index is 2980. The Hall–Kier alpha value is -7.56. The fraction of sp³-hybridized carbons (Fsp3) is 0.0189. The second-order valence-electron chi connectivity index (χ2n) is 14.9. The summed E-state index contributed by atoms with van der Waals surface area (Å²) in [6.07, 6.45) is 0. The molecule has 12 rings (SSSR count). The van der Waals surface area contributed by atoms with Crippen LogP contribution in [0.15, 0.2) is 194 Å². The van der Waals surface area contributed by atoms with E-state index >= 15 is 0 Å². The maximum atomic E-state index is 6.56. The zero-order valence-corrected chi connectivity index (χ0v) is 30.7. The number of para-hydroxylation sites is 2. The lowest BCUT2D eigenvalue weighted by atomic mass is 9.70. The van der Waals surface area contributed by atoms with Crippen molar-refractivity contribution < 1.29 is 9.47 Å². The number of nitrogens with zero attached hydrogens (tertiary/aromatic N) is 2. The fourth-order valence-electron chi connectivity index (χ4n) is 9.27. The molecule has 57 heavy (non-hydrogen) atoms. The minimum atomic E-state index is -0.557. The van der Waals surface area contributed by atoms with Crippen molar-refractivity contribution >= 4 is 0 Å². The molecule has 0 amide bonds. The molecule has 1 spiro atoms. The van der Waals surface area contributed by atoms with Crippen LogP contribution in [0.1, 0.15) is 22.3 Å². The summed E-state index contributed by atoms with van der Waals surface area (Å²) in [6, 6.07) is 68.3. The van der Waals surface area contributed by atoms with E-state index in [1.165, 1.54) is 38.9 Å². The maximum Gasteiger partial charge on any atom is 0.170 e. The maximum absolute atomic E-state index is 6.56. The van der Waals surface area contributed by atoms with Crippen molar-refractivity contribution in [2.75, 3.05) is 0 Å². The lowest BCUT2D eigenvalue weighted by Crippen LogP contribution is -2.26. The first kappa shape index (κ1) is 31.8. The number of ether oxygens (including phenoxy) is 2. The Kier molecular flexibility index (Phi) is 6.81. The van der Waals surface area contributed by atoms with Crippen LogP contribution in [0.25, 0.3) is 67.3 Å². The van der Waals surface area contributed by atoms with Crippen LogP contribution in [0.3, 0.4) is 0 Å². The van der Waals surface area contributed by atoms with Gasteiger partial charge in [-0.1, -0.05) is 152 Å². The molecule has 0 saturated heterocycles. The number of fused-ring (bicyclic) bond motifs is 12. The van der Waals surface area contributed by atoms with Crippen molar-refractivity contribution in [3.8, 4) is 90.3 Å². The molecule has 2 heterocycles. The van der Waals surface area contributed by atoms with Crippen LogP contribution in [0, 0.1) is 0 Å². The highest BCUT2D eigenvalue weighted by molar-refractivity contribution is 5.97. The summed E-state index contributed by atoms with van der Waals surface area (Å²) in [7, 11) is 0. The van der Waals surface area contributed by atoms with E-state index in [1.54, 1.807) is 0 Å². The lowest BCUT2D eigenvalue weighted by molar-refractivity contribution is 0.359. The number of aromatic nitrogens is 2. The predicted molar refractivity (Wildman–Crippen MR) is 227 cm³/mol. The van der Waals surface area contributed by atoms with Crippen molar-refractivity contribution in [2.45, 2.75) is 5.41 Å². The first-order valence-electron chi connectivity index (χ1n) is 19.3. The fourth-order valence-corrected chi connectivity index (χ4v) is 9.27. The summed E-state index contributed by atoms with van der Waals surface area (Å²) in [6.45, 7) is 0. The molecular weight excluding hydrogens is 697 g/mol. The molecule has 2 aliphatic carbocycles. The standard InChI is InChI=1S/C53H32N2O2/c1-3-14-33(15-4-1)46-32-47(34-16-5-2-6-17-34)55-52(54-46)37-19-13-18-35(28-37)36-26-27-40-41-30-50-51(57-49-25-12-11-24-48(49)56-50)31-45(41)53(44(40)29-36)42-22-9-7-20-38(42)39-21-8-10-23-43(39)53/h1-32H. The lowest BCUT2D eigenvalue weighted by Gasteiger charge is -2.31. The Morgan fingerprint density at radius 3 is 1.44 bits per heavy atom. The average Bonchev–Trinajstić information content (AvgIpc) is 3.74. The third-order valence-corrected chi connectivity index (χ3v) is 11.8. The summed E-state index contributed by atoms with van der Waals surface area (Å²) < 4.78 is 13.1. The van der Waals surface area contributed by atoms with Crippen LogP contribution in [0.5, 0.6) is 23.0 Å². The van der Waals surface area contributed by atoms with Gasteiger partial charge in [-0.05, 0) is 98.1 Å². The monoisotopic (exact) mass is 728 g/mol. The van der Waals surface area contributed by atoms with Crippen molar-refractivity contribution in [2.24, 2.45) is 0 Å². The van der Waals surface area contributed by atoms with Gasteiger partial charge in [-0.15, -0.1) is 0 Å². The van der Waals surface area contributed by atoms with Gasteiger partial charge >= 0.3 is 0 Å². The number of rotatable bonds is 4.